The average Bonchev–Trinajstić information content (AvgIpc) is 2.87. The quantitative estimate of drug-likeness (QED) is 0.853. The SMILES string of the molecule is CCC(C)n1c(=O)n(CCN)c(=O)c2c1ncn2CC. The lowest BCUT2D eigenvalue weighted by atomic mass is 10.2. The van der Waals surface area contributed by atoms with Crippen LogP contribution < -0.4 is 17.0 Å². The van der Waals surface area contributed by atoms with E-state index in [0.717, 1.165) is 6.42 Å². The normalized spacial score (nSPS) is 13.0. The second-order valence-electron chi connectivity index (χ2n) is 4.86. The molecule has 0 fully saturated rings. The van der Waals surface area contributed by atoms with Crippen molar-refractivity contribution < 1.29 is 0 Å². The third-order valence-electron chi connectivity index (χ3n) is 3.66. The van der Waals surface area contributed by atoms with Crippen LogP contribution >= 0.6 is 0 Å². The van der Waals surface area contributed by atoms with Gasteiger partial charge in [-0.3, -0.25) is 13.9 Å². The van der Waals surface area contributed by atoms with Crippen LogP contribution in [0.2, 0.25) is 0 Å². The van der Waals surface area contributed by atoms with Crippen molar-refractivity contribution in [3.05, 3.63) is 27.2 Å². The van der Waals surface area contributed by atoms with E-state index >= 15 is 0 Å². The number of fused-ring (bicyclic) bond motifs is 1. The number of aryl methyl sites for hydroxylation is 1. The van der Waals surface area contributed by atoms with Crippen molar-refractivity contribution >= 4 is 11.2 Å². The van der Waals surface area contributed by atoms with Crippen molar-refractivity contribution in [1.29, 1.82) is 0 Å². The molecule has 2 rings (SSSR count). The summed E-state index contributed by atoms with van der Waals surface area (Å²) < 4.78 is 4.57. The Morgan fingerprint density at radius 3 is 2.60 bits per heavy atom. The molecule has 110 valence electrons. The van der Waals surface area contributed by atoms with Crippen LogP contribution in [0.5, 0.6) is 0 Å². The smallest absolute Gasteiger partial charge is 0.329 e. The fourth-order valence-corrected chi connectivity index (χ4v) is 2.35. The summed E-state index contributed by atoms with van der Waals surface area (Å²) in [6.45, 7) is 6.99. The van der Waals surface area contributed by atoms with Crippen LogP contribution in [-0.2, 0) is 13.1 Å². The minimum absolute atomic E-state index is 0.0187. The van der Waals surface area contributed by atoms with E-state index < -0.39 is 0 Å². The lowest BCUT2D eigenvalue weighted by Crippen LogP contribution is -2.42. The van der Waals surface area contributed by atoms with Gasteiger partial charge in [-0.25, -0.2) is 9.78 Å². The molecule has 0 aliphatic heterocycles. The van der Waals surface area contributed by atoms with Crippen molar-refractivity contribution in [2.75, 3.05) is 6.54 Å². The van der Waals surface area contributed by atoms with E-state index in [1.807, 2.05) is 20.8 Å². The zero-order valence-corrected chi connectivity index (χ0v) is 12.2. The molecule has 0 aliphatic rings. The number of aromatic nitrogens is 4. The van der Waals surface area contributed by atoms with Gasteiger partial charge in [0.15, 0.2) is 11.2 Å². The van der Waals surface area contributed by atoms with Crippen LogP contribution in [0.1, 0.15) is 33.2 Å². The molecule has 0 radical (unpaired) electrons. The summed E-state index contributed by atoms with van der Waals surface area (Å²) in [7, 11) is 0. The second-order valence-corrected chi connectivity index (χ2v) is 4.86. The Balaban J connectivity index is 2.93. The largest absolute Gasteiger partial charge is 0.333 e. The molecular formula is C13H21N5O2. The highest BCUT2D eigenvalue weighted by molar-refractivity contribution is 5.70. The Morgan fingerprint density at radius 2 is 2.05 bits per heavy atom. The molecule has 2 aromatic heterocycles. The van der Waals surface area contributed by atoms with E-state index in [4.69, 9.17) is 5.73 Å². The highest BCUT2D eigenvalue weighted by Gasteiger charge is 2.19. The highest BCUT2D eigenvalue weighted by Crippen LogP contribution is 2.14. The second kappa shape index (κ2) is 5.62. The first-order valence-corrected chi connectivity index (χ1v) is 6.97. The molecule has 2 heterocycles. The maximum atomic E-state index is 12.5. The lowest BCUT2D eigenvalue weighted by molar-refractivity contribution is 0.484. The maximum absolute atomic E-state index is 12.5. The van der Waals surface area contributed by atoms with Crippen molar-refractivity contribution in [1.82, 2.24) is 18.7 Å². The van der Waals surface area contributed by atoms with Gasteiger partial charge in [-0.2, -0.15) is 0 Å². The Labute approximate surface area is 116 Å². The summed E-state index contributed by atoms with van der Waals surface area (Å²) >= 11 is 0. The van der Waals surface area contributed by atoms with Crippen LogP contribution in [0.25, 0.3) is 11.2 Å². The minimum Gasteiger partial charge on any atom is -0.329 e. The van der Waals surface area contributed by atoms with Crippen LogP contribution in [0.4, 0.5) is 0 Å². The first kappa shape index (κ1) is 14.5. The Hall–Kier alpha value is -1.89. The summed E-state index contributed by atoms with van der Waals surface area (Å²) in [6.07, 6.45) is 2.39. The molecule has 1 unspecified atom stereocenters. The summed E-state index contributed by atoms with van der Waals surface area (Å²) in [5.41, 5.74) is 5.81. The highest BCUT2D eigenvalue weighted by atomic mass is 16.2. The first-order chi connectivity index (χ1) is 9.56. The van der Waals surface area contributed by atoms with Crippen LogP contribution in [0.3, 0.4) is 0 Å². The molecule has 0 saturated heterocycles. The molecule has 0 bridgehead atoms. The number of imidazole rings is 1. The van der Waals surface area contributed by atoms with Crippen molar-refractivity contribution in [2.24, 2.45) is 5.73 Å². The standard InChI is InChI=1S/C13H21N5O2/c1-4-9(3)18-11-10(16(5-2)8-15-11)12(19)17(7-6-14)13(18)20/h8-9H,4-7,14H2,1-3H3. The molecule has 7 heteroatoms. The van der Waals surface area contributed by atoms with Crippen molar-refractivity contribution in [3.8, 4) is 0 Å². The molecule has 0 aromatic carbocycles. The van der Waals surface area contributed by atoms with Crippen LogP contribution in [0.15, 0.2) is 15.9 Å². The zero-order valence-electron chi connectivity index (χ0n) is 12.2. The Kier molecular flexibility index (Phi) is 4.08. The number of nitrogens with zero attached hydrogens (tertiary/aromatic N) is 4. The fourth-order valence-electron chi connectivity index (χ4n) is 2.35. The Bertz CT molecular complexity index is 725. The molecule has 7 nitrogen and oxygen atoms in total. The van der Waals surface area contributed by atoms with Gasteiger partial charge in [0.1, 0.15) is 0 Å². The number of hydrogen-bond donors (Lipinski definition) is 1. The van der Waals surface area contributed by atoms with Gasteiger partial charge in [0.05, 0.1) is 6.33 Å². The third kappa shape index (κ3) is 2.07. The molecule has 0 amide bonds. The van der Waals surface area contributed by atoms with E-state index in [1.54, 1.807) is 15.5 Å². The molecule has 0 aliphatic carbocycles. The Morgan fingerprint density at radius 1 is 1.35 bits per heavy atom. The van der Waals surface area contributed by atoms with E-state index in [0.29, 0.717) is 17.7 Å². The van der Waals surface area contributed by atoms with E-state index in [2.05, 4.69) is 4.98 Å². The van der Waals surface area contributed by atoms with Gasteiger partial charge in [0.2, 0.25) is 0 Å². The maximum Gasteiger partial charge on any atom is 0.333 e. The predicted octanol–water partition coefficient (Wildman–Crippen LogP) is 0.309. The number of nitrogens with two attached hydrogens (primary N) is 1. The average molecular weight is 279 g/mol. The minimum atomic E-state index is -0.330. The molecule has 2 aromatic rings. The fraction of sp³-hybridized carbons (Fsp3) is 0.615. The van der Waals surface area contributed by atoms with Gasteiger partial charge < -0.3 is 10.3 Å². The van der Waals surface area contributed by atoms with Gasteiger partial charge in [0, 0.05) is 25.7 Å². The summed E-state index contributed by atoms with van der Waals surface area (Å²) in [4.78, 5) is 29.3. The summed E-state index contributed by atoms with van der Waals surface area (Å²) in [6, 6.07) is -0.0187. The summed E-state index contributed by atoms with van der Waals surface area (Å²) in [5.74, 6) is 0. The molecule has 20 heavy (non-hydrogen) atoms. The first-order valence-electron chi connectivity index (χ1n) is 6.97. The molecule has 1 atom stereocenters. The van der Waals surface area contributed by atoms with Crippen molar-refractivity contribution in [3.63, 3.8) is 0 Å². The number of hydrogen-bond acceptors (Lipinski definition) is 4. The monoisotopic (exact) mass is 279 g/mol. The van der Waals surface area contributed by atoms with E-state index in [1.165, 1.54) is 4.57 Å². The summed E-state index contributed by atoms with van der Waals surface area (Å²) in [5, 5.41) is 0. The van der Waals surface area contributed by atoms with Gasteiger partial charge in [-0.05, 0) is 20.3 Å². The van der Waals surface area contributed by atoms with E-state index in [-0.39, 0.29) is 30.4 Å². The van der Waals surface area contributed by atoms with Gasteiger partial charge in [-0.1, -0.05) is 6.92 Å². The van der Waals surface area contributed by atoms with Gasteiger partial charge in [-0.15, -0.1) is 0 Å². The predicted molar refractivity (Wildman–Crippen MR) is 78.0 cm³/mol. The van der Waals surface area contributed by atoms with Crippen molar-refractivity contribution in [2.45, 2.75) is 46.3 Å². The lowest BCUT2D eigenvalue weighted by Gasteiger charge is -2.16. The van der Waals surface area contributed by atoms with Gasteiger partial charge >= 0.3 is 5.69 Å². The molecular weight excluding hydrogens is 258 g/mol. The molecule has 0 spiro atoms. The van der Waals surface area contributed by atoms with Gasteiger partial charge in [0.25, 0.3) is 5.56 Å². The number of rotatable bonds is 5. The van der Waals surface area contributed by atoms with E-state index in [9.17, 15) is 9.59 Å². The molecule has 0 saturated carbocycles. The third-order valence-corrected chi connectivity index (χ3v) is 3.66. The molecule has 2 N–H and O–H groups in total. The zero-order chi connectivity index (χ0) is 14.9. The van der Waals surface area contributed by atoms with Crippen LogP contribution in [0, 0.1) is 0 Å². The van der Waals surface area contributed by atoms with Crippen LogP contribution in [-0.4, -0.2) is 25.2 Å². The topological polar surface area (TPSA) is 87.8 Å².